The number of likely N-dealkylation sites (tertiary alicyclic amines) is 1. The zero-order valence-corrected chi connectivity index (χ0v) is 51.3. The number of piperidine rings is 1. The number of hydrogen-bond donors (Lipinski definition) is 4. The number of rotatable bonds is 9. The third-order valence-corrected chi connectivity index (χ3v) is 15.9. The molecule has 1 aliphatic carbocycles. The molecule has 23 nitrogen and oxygen atoms in total. The Kier molecular flexibility index (Phi) is 18.8. The Morgan fingerprint density at radius 2 is 1.30 bits per heavy atom. The number of aliphatic hydroxyl groups is 2. The fraction of sp³-hybridized carbons (Fsp3) is 0.369. The highest BCUT2D eigenvalue weighted by atomic mass is 16.6. The van der Waals surface area contributed by atoms with Crippen LogP contribution in [0.15, 0.2) is 62.6 Å². The molecule has 463 valence electrons. The van der Waals surface area contributed by atoms with Crippen LogP contribution in [0.5, 0.6) is 40.2 Å². The van der Waals surface area contributed by atoms with Crippen LogP contribution in [0.25, 0.3) is 73.3 Å². The maximum atomic E-state index is 13.5. The molecule has 0 bridgehead atoms. The van der Waals surface area contributed by atoms with Crippen LogP contribution in [0.2, 0.25) is 0 Å². The predicted octanol–water partition coefficient (Wildman–Crippen LogP) is 7.98. The van der Waals surface area contributed by atoms with E-state index in [1.54, 1.807) is 37.3 Å². The Bertz CT molecular complexity index is 4330. The van der Waals surface area contributed by atoms with E-state index in [0.29, 0.717) is 156 Å². The molecule has 14 rings (SSSR count). The molecular weight excluding hydrogens is 1140 g/mol. The molecule has 5 aromatic heterocycles. The largest absolute Gasteiger partial charge is 0.496 e. The Hall–Kier alpha value is -9.39. The number of ether oxygens (including phenoxy) is 7. The number of aromatic amines is 2. The van der Waals surface area contributed by atoms with Gasteiger partial charge in [0.15, 0.2) is 28.7 Å². The molecule has 1 saturated carbocycles. The number of aromatic nitrogens is 7. The van der Waals surface area contributed by atoms with E-state index in [9.17, 15) is 14.7 Å². The number of H-pyrrole nitrogens is 2. The number of nitrogens with one attached hydrogen (secondary N) is 2. The Labute approximate surface area is 514 Å². The average molecular weight is 1220 g/mol. The number of aliphatic hydroxyl groups excluding tert-OH is 2. The minimum Gasteiger partial charge on any atom is -0.496 e. The number of methoxy groups -OCH3 is 2. The van der Waals surface area contributed by atoms with E-state index in [4.69, 9.17) is 73.6 Å². The van der Waals surface area contributed by atoms with Crippen molar-refractivity contribution in [2.45, 2.75) is 106 Å². The van der Waals surface area contributed by atoms with Gasteiger partial charge < -0.3 is 67.3 Å². The van der Waals surface area contributed by atoms with Gasteiger partial charge in [0.25, 0.3) is 31.7 Å². The molecule has 4 aromatic carbocycles. The monoisotopic (exact) mass is 1220 g/mol. The van der Waals surface area contributed by atoms with E-state index in [1.165, 1.54) is 19.3 Å². The number of fused-ring (bicyclic) bond motifs is 7. The van der Waals surface area contributed by atoms with Crippen molar-refractivity contribution < 1.29 is 72.0 Å². The number of carbonyl (C=O) groups excluding carboxylic acids is 2. The Balaban J connectivity index is 0.000000169. The molecule has 5 N–H and O–H groups in total. The standard InChI is InChI=1S/C31H31N5O6.C26H20N4O6.C6H12O.C2H6.BH2O/c1-15-25(16(2)42-35-15)22-13-23-21(14-24(22)39-4)26-27(32-17(3)33-30(26)34-23)19-5-6-20(29-28(19)40-11-12-41-29)31(38)36-9-7-18(37)8-10-36;1-12-21(13(2)36-30-12)17-9-18-16(10-20(17)32-4)22-23(27-14(3)28-26(22)29-18)15-5-6-19(35-11-31)25-24(15)33-7-8-34-25;7-6-4-2-1-3-5-6;2*1-2/h5-6,13-14,18,37H,7-12H2,1-4H3,(H,32,33,34);5-6,9-11H,3,7-8H2,1-2,4H3;6-7H,1-5H2;1-2H3;1-2H/p+1/i;;;;1T. The van der Waals surface area contributed by atoms with E-state index < -0.39 is 0 Å². The summed E-state index contributed by atoms with van der Waals surface area (Å²) in [5.41, 5.74) is 10.0. The third-order valence-electron chi connectivity index (χ3n) is 15.9. The van der Waals surface area contributed by atoms with Gasteiger partial charge >= 0.3 is 0 Å². The zero-order valence-electron chi connectivity index (χ0n) is 52.3. The fourth-order valence-corrected chi connectivity index (χ4v) is 11.9. The zero-order chi connectivity index (χ0) is 63.9. The number of nitrogens with zero attached hydrogens (tertiary/aromatic N) is 7. The van der Waals surface area contributed by atoms with Crippen LogP contribution in [0.3, 0.4) is 0 Å². The first-order chi connectivity index (χ1) is 43.6. The molecule has 0 spiro atoms. The minimum absolute atomic E-state index is 0.0359. The molecule has 1 saturated heterocycles. The molecule has 24 heteroatoms. The third kappa shape index (κ3) is 12.3. The van der Waals surface area contributed by atoms with E-state index in [-0.39, 0.29) is 31.9 Å². The fourth-order valence-electron chi connectivity index (χ4n) is 11.9. The van der Waals surface area contributed by atoms with Gasteiger partial charge in [-0.2, -0.15) is 0 Å². The second kappa shape index (κ2) is 27.3. The maximum absolute atomic E-state index is 13.5. The lowest BCUT2D eigenvalue weighted by atomic mass is 9.98. The van der Waals surface area contributed by atoms with Crippen molar-refractivity contribution in [3.63, 3.8) is 0 Å². The molecule has 1 radical (unpaired) electrons. The highest BCUT2D eigenvalue weighted by molar-refractivity contribution is 6.14. The summed E-state index contributed by atoms with van der Waals surface area (Å²) in [5.74, 6) is 5.72. The average Bonchev–Trinajstić information content (AvgIpc) is 1.53. The van der Waals surface area contributed by atoms with Crippen molar-refractivity contribution in [3.8, 4) is 85.0 Å². The van der Waals surface area contributed by atoms with Gasteiger partial charge in [-0.25, -0.2) is 15.0 Å². The van der Waals surface area contributed by atoms with Gasteiger partial charge in [0.1, 0.15) is 71.5 Å². The lowest BCUT2D eigenvalue weighted by Gasteiger charge is -2.31. The van der Waals surface area contributed by atoms with Gasteiger partial charge in [-0.3, -0.25) is 9.59 Å². The normalized spacial score (nSPS) is 14.8. The summed E-state index contributed by atoms with van der Waals surface area (Å²) in [6, 6.07) is 15.0. The van der Waals surface area contributed by atoms with E-state index >= 15 is 0 Å². The summed E-state index contributed by atoms with van der Waals surface area (Å²) >= 11 is 0. The molecule has 4 aliphatic heterocycles. The van der Waals surface area contributed by atoms with Crippen LogP contribution in [0.1, 0.15) is 97.9 Å². The summed E-state index contributed by atoms with van der Waals surface area (Å²) in [4.78, 5) is 52.1. The van der Waals surface area contributed by atoms with Gasteiger partial charge in [-0.1, -0.05) is 43.4 Å². The minimum atomic E-state index is -0.372. The molecule has 0 unspecified atom stereocenters. The maximum Gasteiger partial charge on any atom is 0.298 e. The van der Waals surface area contributed by atoms with E-state index in [1.807, 2.05) is 78.8 Å². The lowest BCUT2D eigenvalue weighted by molar-refractivity contribution is -0.385. The molecule has 0 atom stereocenters. The van der Waals surface area contributed by atoms with Crippen molar-refractivity contribution >= 4 is 54.7 Å². The van der Waals surface area contributed by atoms with Crippen LogP contribution < -0.4 is 49.0 Å². The smallest absolute Gasteiger partial charge is 0.298 e. The van der Waals surface area contributed by atoms with Crippen LogP contribution in [0, 0.1) is 45.1 Å². The number of aryl methyl sites for hydroxylation is 5. The highest BCUT2D eigenvalue weighted by Crippen LogP contribution is 2.49. The SMILES string of the molecule is C=c1nc(-c2ccc(OC=O)c3c2OCCO3)c2c([nH+]1)N=c1cc(-c3c(C)noc3C)c(OC)cc1=2.CC.COc1cc2c(cc1-c1c(C)noc1C)[nH]c1nc(C)nc(-c3ccc(C(=O)N4CCC(O)CC4)c4c3OCCO4)c12.OC1CCCCC1.[3H][B]O. The first-order valence-corrected chi connectivity index (χ1v) is 29.6. The molecule has 1 amide bonds. The van der Waals surface area contributed by atoms with Crippen LogP contribution in [0.4, 0.5) is 5.82 Å². The van der Waals surface area contributed by atoms with Crippen molar-refractivity contribution in [2.24, 2.45) is 4.99 Å². The summed E-state index contributed by atoms with van der Waals surface area (Å²) in [6.45, 7) is 20.1. The molecule has 89 heavy (non-hydrogen) atoms. The Morgan fingerprint density at radius 1 is 0.730 bits per heavy atom. The quantitative estimate of drug-likeness (QED) is 0.0786. The summed E-state index contributed by atoms with van der Waals surface area (Å²) < 4.78 is 57.2. The molecule has 2 fully saturated rings. The van der Waals surface area contributed by atoms with Gasteiger partial charge in [0.05, 0.1) is 71.1 Å². The van der Waals surface area contributed by atoms with Crippen LogP contribution >= 0.6 is 0 Å². The highest BCUT2D eigenvalue weighted by Gasteiger charge is 2.33. The van der Waals surface area contributed by atoms with Gasteiger partial charge in [0, 0.05) is 47.2 Å². The molecular formula is C65H72BN9O14+. The second-order valence-electron chi connectivity index (χ2n) is 21.4. The van der Waals surface area contributed by atoms with Gasteiger partial charge in [-0.15, -0.1) is 9.98 Å². The van der Waals surface area contributed by atoms with Crippen LogP contribution in [-0.2, 0) is 4.79 Å². The van der Waals surface area contributed by atoms with Crippen molar-refractivity contribution in [1.82, 2.24) is 35.1 Å². The van der Waals surface area contributed by atoms with E-state index in [0.717, 1.165) is 78.6 Å². The lowest BCUT2D eigenvalue weighted by Crippen LogP contribution is -2.40. The van der Waals surface area contributed by atoms with Gasteiger partial charge in [0.2, 0.25) is 5.75 Å². The number of carbonyl (C=O) groups is 2. The molecule has 9 heterocycles. The summed E-state index contributed by atoms with van der Waals surface area (Å²) in [7, 11) is 3.51. The van der Waals surface area contributed by atoms with Gasteiger partial charge in [-0.05, 0) is 115 Å². The summed E-state index contributed by atoms with van der Waals surface area (Å²) in [5, 5.41) is 38.1. The number of hydrogen-bond acceptors (Lipinski definition) is 20. The predicted molar refractivity (Wildman–Crippen MR) is 331 cm³/mol. The van der Waals surface area contributed by atoms with E-state index in [2.05, 4.69) is 26.9 Å². The number of amides is 1. The van der Waals surface area contributed by atoms with Crippen molar-refractivity contribution in [2.75, 3.05) is 53.7 Å². The van der Waals surface area contributed by atoms with Crippen LogP contribution in [-0.4, -0.2) is 138 Å². The first-order valence-electron chi connectivity index (χ1n) is 30.2. The second-order valence-corrected chi connectivity index (χ2v) is 21.4. The van der Waals surface area contributed by atoms with Crippen molar-refractivity contribution in [3.05, 3.63) is 104 Å². The molecule has 5 aliphatic rings. The summed E-state index contributed by atoms with van der Waals surface area (Å²) in [6.07, 6.45) is 6.67. The van der Waals surface area contributed by atoms with Crippen molar-refractivity contribution in [1.29, 1.82) is 1.34 Å². The topological polar surface area (TPSA) is 296 Å². The molecule has 9 aromatic rings. The Morgan fingerprint density at radius 3 is 1.90 bits per heavy atom. The first kappa shape index (κ1) is 61.3. The number of benzene rings is 4.